The van der Waals surface area contributed by atoms with Crippen LogP contribution in [0.5, 0.6) is 0 Å². The number of benzene rings is 2. The average Bonchev–Trinajstić information content (AvgIpc) is 3.36. The second-order valence-electron chi connectivity index (χ2n) is 8.13. The van der Waals surface area contributed by atoms with Crippen LogP contribution in [0.25, 0.3) is 0 Å². The number of urea groups is 1. The summed E-state index contributed by atoms with van der Waals surface area (Å²) in [6.07, 6.45) is 3.52. The van der Waals surface area contributed by atoms with Crippen LogP contribution < -0.4 is 15.5 Å². The van der Waals surface area contributed by atoms with Gasteiger partial charge in [0.05, 0.1) is 4.90 Å². The van der Waals surface area contributed by atoms with E-state index in [1.54, 1.807) is 37.3 Å². The summed E-state index contributed by atoms with van der Waals surface area (Å²) < 4.78 is 28.0. The van der Waals surface area contributed by atoms with Crippen molar-refractivity contribution in [3.05, 3.63) is 65.7 Å². The van der Waals surface area contributed by atoms with Gasteiger partial charge in [0, 0.05) is 11.6 Å². The molecule has 3 N–H and O–H groups in total. The predicted molar refractivity (Wildman–Crippen MR) is 116 cm³/mol. The van der Waals surface area contributed by atoms with Crippen molar-refractivity contribution in [1.29, 1.82) is 0 Å². The highest BCUT2D eigenvalue weighted by molar-refractivity contribution is 7.89. The number of hydrogen-bond acceptors (Lipinski definition) is 5. The van der Waals surface area contributed by atoms with Crippen LogP contribution in [-0.4, -0.2) is 37.3 Å². The van der Waals surface area contributed by atoms with Crippen molar-refractivity contribution >= 4 is 27.9 Å². The minimum atomic E-state index is -3.79. The van der Waals surface area contributed by atoms with Gasteiger partial charge in [-0.15, -0.1) is 0 Å². The lowest BCUT2D eigenvalue weighted by molar-refractivity contribution is -0.132. The van der Waals surface area contributed by atoms with Gasteiger partial charge < -0.3 is 5.32 Å². The standard InChI is InChI=1S/C22H24N4O5S/c1-22(16-9-3-2-4-10-16)20(28)26(21(29)23-22)24-19(27)15-8-7-13-18(14-15)32(30,31)25-17-11-5-6-12-17/h2-4,7-10,13-14,17,25H,5-6,11-12H2,1H3,(H,23,29)(H,24,27). The minimum Gasteiger partial charge on any atom is -0.318 e. The fourth-order valence-electron chi connectivity index (χ4n) is 4.01. The summed E-state index contributed by atoms with van der Waals surface area (Å²) >= 11 is 0. The third-order valence-corrected chi connectivity index (χ3v) is 7.36. The Hall–Kier alpha value is -3.24. The third kappa shape index (κ3) is 4.11. The lowest BCUT2D eigenvalue weighted by Crippen LogP contribution is -2.48. The van der Waals surface area contributed by atoms with E-state index in [1.807, 2.05) is 0 Å². The van der Waals surface area contributed by atoms with E-state index in [4.69, 9.17) is 0 Å². The summed E-state index contributed by atoms with van der Waals surface area (Å²) in [5, 5.41) is 3.21. The second kappa shape index (κ2) is 8.36. The van der Waals surface area contributed by atoms with Gasteiger partial charge >= 0.3 is 6.03 Å². The molecule has 1 atom stereocenters. The van der Waals surface area contributed by atoms with E-state index in [-0.39, 0.29) is 16.5 Å². The fourth-order valence-corrected chi connectivity index (χ4v) is 5.36. The molecule has 9 nitrogen and oxygen atoms in total. The van der Waals surface area contributed by atoms with E-state index in [2.05, 4.69) is 15.5 Å². The van der Waals surface area contributed by atoms with Crippen molar-refractivity contribution in [2.45, 2.75) is 49.1 Å². The SMILES string of the molecule is CC1(c2ccccc2)NC(=O)N(NC(=O)c2cccc(S(=O)(=O)NC3CCCC3)c2)C1=O. The summed E-state index contributed by atoms with van der Waals surface area (Å²) in [5.41, 5.74) is 1.54. The molecule has 0 bridgehead atoms. The number of nitrogens with zero attached hydrogens (tertiary/aromatic N) is 1. The lowest BCUT2D eigenvalue weighted by Gasteiger charge is -2.22. The van der Waals surface area contributed by atoms with Crippen molar-refractivity contribution in [2.75, 3.05) is 0 Å². The van der Waals surface area contributed by atoms with Gasteiger partial charge in [-0.3, -0.25) is 15.0 Å². The van der Waals surface area contributed by atoms with Crippen LogP contribution in [0.2, 0.25) is 0 Å². The summed E-state index contributed by atoms with van der Waals surface area (Å²) in [5.74, 6) is -1.42. The smallest absolute Gasteiger partial charge is 0.318 e. The lowest BCUT2D eigenvalue weighted by atomic mass is 9.92. The average molecular weight is 457 g/mol. The van der Waals surface area contributed by atoms with Gasteiger partial charge in [0.15, 0.2) is 0 Å². The number of hydrazine groups is 1. The maximum absolute atomic E-state index is 12.9. The molecule has 168 valence electrons. The van der Waals surface area contributed by atoms with Crippen LogP contribution >= 0.6 is 0 Å². The zero-order chi connectivity index (χ0) is 22.9. The van der Waals surface area contributed by atoms with Crippen molar-refractivity contribution in [1.82, 2.24) is 20.5 Å². The first-order valence-electron chi connectivity index (χ1n) is 10.4. The third-order valence-electron chi connectivity index (χ3n) is 5.84. The molecule has 2 aliphatic rings. The van der Waals surface area contributed by atoms with Crippen molar-refractivity contribution < 1.29 is 22.8 Å². The van der Waals surface area contributed by atoms with Crippen LogP contribution in [-0.2, 0) is 20.4 Å². The Morgan fingerprint density at radius 2 is 1.75 bits per heavy atom. The van der Waals surface area contributed by atoms with Crippen molar-refractivity contribution in [2.24, 2.45) is 0 Å². The molecule has 4 amide bonds. The zero-order valence-electron chi connectivity index (χ0n) is 17.5. The largest absolute Gasteiger partial charge is 0.344 e. The highest BCUT2D eigenvalue weighted by Crippen LogP contribution is 2.28. The van der Waals surface area contributed by atoms with E-state index in [1.165, 1.54) is 24.3 Å². The molecular weight excluding hydrogens is 432 g/mol. The molecule has 1 aliphatic carbocycles. The Labute approximate surface area is 186 Å². The molecule has 1 aliphatic heterocycles. The zero-order valence-corrected chi connectivity index (χ0v) is 18.3. The monoisotopic (exact) mass is 456 g/mol. The first-order chi connectivity index (χ1) is 15.2. The first kappa shape index (κ1) is 22.0. The van der Waals surface area contributed by atoms with E-state index in [9.17, 15) is 22.8 Å². The van der Waals surface area contributed by atoms with Gasteiger partial charge in [-0.1, -0.05) is 49.2 Å². The number of rotatable bonds is 6. The first-order valence-corrected chi connectivity index (χ1v) is 11.8. The Kier molecular flexibility index (Phi) is 5.74. The highest BCUT2D eigenvalue weighted by Gasteiger charge is 2.50. The summed E-state index contributed by atoms with van der Waals surface area (Å²) in [4.78, 5) is 38.1. The topological polar surface area (TPSA) is 125 Å². The molecule has 0 aromatic heterocycles. The number of amides is 4. The van der Waals surface area contributed by atoms with Crippen molar-refractivity contribution in [3.63, 3.8) is 0 Å². The maximum atomic E-state index is 12.9. The molecule has 2 fully saturated rings. The molecule has 1 saturated heterocycles. The highest BCUT2D eigenvalue weighted by atomic mass is 32.2. The van der Waals surface area contributed by atoms with Gasteiger partial charge in [0.25, 0.3) is 11.8 Å². The molecule has 4 rings (SSSR count). The number of sulfonamides is 1. The van der Waals surface area contributed by atoms with Crippen molar-refractivity contribution in [3.8, 4) is 0 Å². The normalized spacial score (nSPS) is 21.6. The summed E-state index contributed by atoms with van der Waals surface area (Å²) in [7, 11) is -3.79. The van der Waals surface area contributed by atoms with Crippen LogP contribution in [0, 0.1) is 0 Å². The number of carbonyl (C=O) groups is 3. The molecule has 10 heteroatoms. The number of carbonyl (C=O) groups excluding carboxylic acids is 3. The van der Waals surface area contributed by atoms with Crippen LogP contribution in [0.4, 0.5) is 4.79 Å². The molecule has 0 spiro atoms. The molecule has 2 aromatic rings. The van der Waals surface area contributed by atoms with Gasteiger partial charge in [0.1, 0.15) is 5.54 Å². The fraction of sp³-hybridized carbons (Fsp3) is 0.318. The summed E-state index contributed by atoms with van der Waals surface area (Å²) in [6.45, 7) is 1.55. The van der Waals surface area contributed by atoms with Crippen LogP contribution in [0.1, 0.15) is 48.5 Å². The number of imide groups is 1. The van der Waals surface area contributed by atoms with Gasteiger partial charge in [-0.2, -0.15) is 5.01 Å². The van der Waals surface area contributed by atoms with E-state index < -0.39 is 33.4 Å². The van der Waals surface area contributed by atoms with E-state index >= 15 is 0 Å². The van der Waals surface area contributed by atoms with Crippen LogP contribution in [0.3, 0.4) is 0 Å². The molecule has 32 heavy (non-hydrogen) atoms. The molecule has 1 saturated carbocycles. The summed E-state index contributed by atoms with van der Waals surface area (Å²) in [6, 6.07) is 13.3. The Morgan fingerprint density at radius 3 is 2.44 bits per heavy atom. The van der Waals surface area contributed by atoms with Gasteiger partial charge in [-0.05, 0) is 43.5 Å². The molecule has 0 radical (unpaired) electrons. The molecular formula is C22H24N4O5S. The Bertz CT molecular complexity index is 1160. The minimum absolute atomic E-state index is 0.00760. The van der Waals surface area contributed by atoms with Crippen LogP contribution in [0.15, 0.2) is 59.5 Å². The second-order valence-corrected chi connectivity index (χ2v) is 9.85. The van der Waals surface area contributed by atoms with E-state index in [0.29, 0.717) is 10.6 Å². The van der Waals surface area contributed by atoms with E-state index in [0.717, 1.165) is 25.7 Å². The molecule has 1 unspecified atom stereocenters. The van der Waals surface area contributed by atoms with Gasteiger partial charge in [0.2, 0.25) is 10.0 Å². The molecule has 1 heterocycles. The number of hydrogen-bond donors (Lipinski definition) is 3. The predicted octanol–water partition coefficient (Wildman–Crippen LogP) is 2.02. The Balaban J connectivity index is 1.51. The quantitative estimate of drug-likeness (QED) is 0.574. The Morgan fingerprint density at radius 1 is 1.06 bits per heavy atom. The van der Waals surface area contributed by atoms with Gasteiger partial charge in [-0.25, -0.2) is 17.9 Å². The molecule has 2 aromatic carbocycles. The maximum Gasteiger partial charge on any atom is 0.344 e. The number of nitrogens with one attached hydrogen (secondary N) is 3.